The number of para-hydroxylation sites is 1. The van der Waals surface area contributed by atoms with Gasteiger partial charge < -0.3 is 16.4 Å². The molecule has 0 fully saturated rings. The van der Waals surface area contributed by atoms with E-state index in [0.29, 0.717) is 0 Å². The molecule has 27 heavy (non-hydrogen) atoms. The standard InChI is InChI=1S/C22H20IN3O/c23-18-4-3-5-19(14-18)25-15-17-10-8-16(9-11-17)12-13-22(27)26-21-7-2-1-6-20(21)24/h1-14,25H,15,24H2,(H,26,27)/p+1. The number of hydrogen-bond donors (Lipinski definition) is 3. The molecule has 0 heterocycles. The zero-order valence-electron chi connectivity index (χ0n) is 14.8. The zero-order valence-corrected chi connectivity index (χ0v) is 16.9. The fourth-order valence-electron chi connectivity index (χ4n) is 2.54. The van der Waals surface area contributed by atoms with Crippen molar-refractivity contribution in [2.24, 2.45) is 0 Å². The van der Waals surface area contributed by atoms with Gasteiger partial charge in [-0.2, -0.15) is 0 Å². The minimum absolute atomic E-state index is 0.171. The van der Waals surface area contributed by atoms with Gasteiger partial charge in [-0.1, -0.05) is 42.5 Å². The second-order valence-electron chi connectivity index (χ2n) is 6.09. The van der Waals surface area contributed by atoms with Crippen LogP contribution in [0.5, 0.6) is 0 Å². The molecule has 0 aliphatic carbocycles. The summed E-state index contributed by atoms with van der Waals surface area (Å²) < 4.78 is 1.21. The molecule has 4 nitrogen and oxygen atoms in total. The lowest BCUT2D eigenvalue weighted by Gasteiger charge is -2.07. The molecule has 5 heteroatoms. The summed E-state index contributed by atoms with van der Waals surface area (Å²) in [6, 6.07) is 23.9. The zero-order chi connectivity index (χ0) is 19.1. The Labute approximate surface area is 172 Å². The van der Waals surface area contributed by atoms with Gasteiger partial charge in [0.1, 0.15) is 5.69 Å². The van der Waals surface area contributed by atoms with Crippen molar-refractivity contribution in [1.29, 1.82) is 0 Å². The molecular weight excluding hydrogens is 449 g/mol. The summed E-state index contributed by atoms with van der Waals surface area (Å²) in [5.74, 6) is -0.171. The summed E-state index contributed by atoms with van der Waals surface area (Å²) in [4.78, 5) is 12.1. The molecule has 5 N–H and O–H groups in total. The van der Waals surface area contributed by atoms with Crippen molar-refractivity contribution in [1.82, 2.24) is 0 Å². The lowest BCUT2D eigenvalue weighted by Crippen LogP contribution is -2.41. The van der Waals surface area contributed by atoms with E-state index in [1.165, 1.54) is 15.2 Å². The van der Waals surface area contributed by atoms with Gasteiger partial charge >= 0.3 is 0 Å². The van der Waals surface area contributed by atoms with Crippen molar-refractivity contribution in [3.05, 3.63) is 93.6 Å². The number of rotatable bonds is 6. The maximum atomic E-state index is 12.1. The van der Waals surface area contributed by atoms with Gasteiger partial charge in [0, 0.05) is 27.9 Å². The third-order valence-corrected chi connectivity index (χ3v) is 4.67. The van der Waals surface area contributed by atoms with Crippen LogP contribution >= 0.6 is 22.6 Å². The SMILES string of the molecule is [NH3+]c1ccccc1NC(=O)C=Cc1ccc(CNc2cccc(I)c2)cc1. The van der Waals surface area contributed by atoms with Crippen molar-refractivity contribution < 1.29 is 10.5 Å². The van der Waals surface area contributed by atoms with Crippen LogP contribution in [0.25, 0.3) is 6.08 Å². The molecule has 0 aliphatic rings. The van der Waals surface area contributed by atoms with E-state index < -0.39 is 0 Å². The number of quaternary nitrogens is 1. The van der Waals surface area contributed by atoms with Gasteiger partial charge in [-0.15, -0.1) is 0 Å². The molecule has 0 unspecified atom stereocenters. The Kier molecular flexibility index (Phi) is 6.62. The first-order valence-electron chi connectivity index (χ1n) is 8.58. The van der Waals surface area contributed by atoms with Gasteiger partial charge in [-0.05, 0) is 64.1 Å². The van der Waals surface area contributed by atoms with Crippen molar-refractivity contribution >= 4 is 51.6 Å². The Morgan fingerprint density at radius 3 is 2.52 bits per heavy atom. The molecule has 3 aromatic carbocycles. The van der Waals surface area contributed by atoms with Gasteiger partial charge in [0.25, 0.3) is 0 Å². The highest BCUT2D eigenvalue weighted by molar-refractivity contribution is 14.1. The first-order valence-corrected chi connectivity index (χ1v) is 9.66. The minimum Gasteiger partial charge on any atom is -0.381 e. The first kappa shape index (κ1) is 19.1. The lowest BCUT2D eigenvalue weighted by molar-refractivity contribution is -0.253. The van der Waals surface area contributed by atoms with Crippen molar-refractivity contribution in [3.8, 4) is 0 Å². The Morgan fingerprint density at radius 1 is 1.00 bits per heavy atom. The summed E-state index contributed by atoms with van der Waals surface area (Å²) in [6.45, 7) is 0.755. The molecule has 0 saturated carbocycles. The number of amides is 1. The molecule has 1 amide bonds. The molecular formula is C22H21IN3O+. The highest BCUT2D eigenvalue weighted by Gasteiger charge is 2.03. The minimum atomic E-state index is -0.171. The van der Waals surface area contributed by atoms with E-state index in [2.05, 4.69) is 69.3 Å². The molecule has 0 aliphatic heterocycles. The summed E-state index contributed by atoms with van der Waals surface area (Å²) in [5, 5.41) is 6.25. The van der Waals surface area contributed by atoms with Crippen LogP contribution in [-0.2, 0) is 11.3 Å². The Hall–Kier alpha value is -2.64. The molecule has 0 bridgehead atoms. The van der Waals surface area contributed by atoms with Crippen LogP contribution in [-0.4, -0.2) is 5.91 Å². The largest absolute Gasteiger partial charge is 0.381 e. The van der Waals surface area contributed by atoms with E-state index in [4.69, 9.17) is 0 Å². The van der Waals surface area contributed by atoms with Crippen LogP contribution in [0.2, 0.25) is 0 Å². The van der Waals surface area contributed by atoms with Crippen molar-refractivity contribution in [2.45, 2.75) is 6.54 Å². The highest BCUT2D eigenvalue weighted by Crippen LogP contribution is 2.16. The quantitative estimate of drug-likeness (QED) is 0.369. The van der Waals surface area contributed by atoms with Crippen molar-refractivity contribution in [3.63, 3.8) is 0 Å². The summed E-state index contributed by atoms with van der Waals surface area (Å²) in [6.07, 6.45) is 3.34. The smallest absolute Gasteiger partial charge is 0.248 e. The van der Waals surface area contributed by atoms with Crippen LogP contribution < -0.4 is 16.4 Å². The number of carbonyl (C=O) groups is 1. The third kappa shape index (κ3) is 5.94. The molecule has 3 rings (SSSR count). The fourth-order valence-corrected chi connectivity index (χ4v) is 3.08. The van der Waals surface area contributed by atoms with Crippen molar-refractivity contribution in [2.75, 3.05) is 10.6 Å². The summed E-state index contributed by atoms with van der Waals surface area (Å²) in [7, 11) is 0. The molecule has 0 spiro atoms. The second kappa shape index (κ2) is 9.34. The number of halogens is 1. The maximum absolute atomic E-state index is 12.1. The van der Waals surface area contributed by atoms with E-state index in [9.17, 15) is 4.79 Å². The van der Waals surface area contributed by atoms with Gasteiger partial charge in [-0.25, -0.2) is 0 Å². The molecule has 0 aromatic heterocycles. The number of anilines is 2. The van der Waals surface area contributed by atoms with E-state index in [0.717, 1.165) is 29.2 Å². The second-order valence-corrected chi connectivity index (χ2v) is 7.33. The number of benzene rings is 3. The lowest BCUT2D eigenvalue weighted by atomic mass is 10.1. The van der Waals surface area contributed by atoms with Gasteiger partial charge in [0.15, 0.2) is 5.69 Å². The van der Waals surface area contributed by atoms with E-state index in [-0.39, 0.29) is 5.91 Å². The Bertz CT molecular complexity index is 952. The van der Waals surface area contributed by atoms with E-state index >= 15 is 0 Å². The van der Waals surface area contributed by atoms with Crippen LogP contribution in [0.4, 0.5) is 17.1 Å². The average molecular weight is 470 g/mol. The van der Waals surface area contributed by atoms with Gasteiger partial charge in [0.05, 0.1) is 0 Å². The maximum Gasteiger partial charge on any atom is 0.248 e. The normalized spacial score (nSPS) is 10.7. The first-order chi connectivity index (χ1) is 13.1. The van der Waals surface area contributed by atoms with Crippen LogP contribution in [0.15, 0.2) is 78.9 Å². The van der Waals surface area contributed by atoms with Crippen LogP contribution in [0.3, 0.4) is 0 Å². The third-order valence-electron chi connectivity index (χ3n) is 4.00. The molecule has 3 aromatic rings. The Balaban J connectivity index is 1.54. The highest BCUT2D eigenvalue weighted by atomic mass is 127. The predicted molar refractivity (Wildman–Crippen MR) is 120 cm³/mol. The number of hydrogen-bond acceptors (Lipinski definition) is 2. The monoisotopic (exact) mass is 470 g/mol. The summed E-state index contributed by atoms with van der Waals surface area (Å²) >= 11 is 2.30. The Morgan fingerprint density at radius 2 is 1.78 bits per heavy atom. The van der Waals surface area contributed by atoms with Crippen LogP contribution in [0.1, 0.15) is 11.1 Å². The topological polar surface area (TPSA) is 68.8 Å². The molecule has 0 radical (unpaired) electrons. The van der Waals surface area contributed by atoms with Crippen LogP contribution in [0, 0.1) is 3.57 Å². The van der Waals surface area contributed by atoms with E-state index in [1.807, 2.05) is 42.5 Å². The number of nitrogens with one attached hydrogen (secondary N) is 2. The van der Waals surface area contributed by atoms with E-state index in [1.54, 1.807) is 6.08 Å². The average Bonchev–Trinajstić information content (AvgIpc) is 2.67. The fraction of sp³-hybridized carbons (Fsp3) is 0.0455. The van der Waals surface area contributed by atoms with Gasteiger partial charge in [-0.3, -0.25) is 4.79 Å². The van der Waals surface area contributed by atoms with Gasteiger partial charge in [0.2, 0.25) is 5.91 Å². The number of carbonyl (C=O) groups excluding carboxylic acids is 1. The predicted octanol–water partition coefficient (Wildman–Crippen LogP) is 4.43. The molecule has 0 saturated heterocycles. The summed E-state index contributed by atoms with van der Waals surface area (Å²) in [5.41, 5.74) is 8.69. The molecule has 136 valence electrons. The molecule has 0 atom stereocenters.